The fraction of sp³-hybridized carbons (Fsp3) is 0.133. The summed E-state index contributed by atoms with van der Waals surface area (Å²) in [5, 5.41) is 0. The van der Waals surface area contributed by atoms with Crippen LogP contribution in [0.4, 0.5) is 26.3 Å². The molecule has 0 bridgehead atoms. The van der Waals surface area contributed by atoms with Crippen molar-refractivity contribution in [2.75, 3.05) is 0 Å². The highest BCUT2D eigenvalue weighted by Gasteiger charge is 2.40. The molecule has 10 heteroatoms. The number of nitrogens with zero attached hydrogens (tertiary/aromatic N) is 2. The number of hydrogen-bond donors (Lipinski definition) is 0. The standard InChI is InChI=1S/C15H6F6N2O2/c16-14(17,18)7-3-4-8-9(6-7)22-11(13(23-8)15(19,20)21)12(24)10-2-1-5-25-10/h1-6H. The smallest absolute Gasteiger partial charge is 0.435 e. The lowest BCUT2D eigenvalue weighted by molar-refractivity contribution is -0.141. The Labute approximate surface area is 135 Å². The quantitative estimate of drug-likeness (QED) is 0.499. The molecule has 1 aromatic carbocycles. The van der Waals surface area contributed by atoms with Crippen LogP contribution in [0.15, 0.2) is 41.0 Å². The third kappa shape index (κ3) is 3.19. The van der Waals surface area contributed by atoms with Crippen molar-refractivity contribution in [1.29, 1.82) is 0 Å². The second-order valence-electron chi connectivity index (χ2n) is 4.93. The summed E-state index contributed by atoms with van der Waals surface area (Å²) in [4.78, 5) is 18.9. The zero-order valence-electron chi connectivity index (χ0n) is 11.9. The molecule has 2 heterocycles. The van der Waals surface area contributed by atoms with Crippen LogP contribution in [0.1, 0.15) is 27.5 Å². The van der Waals surface area contributed by atoms with E-state index in [2.05, 4.69) is 9.97 Å². The summed E-state index contributed by atoms with van der Waals surface area (Å²) in [6.07, 6.45) is -8.68. The van der Waals surface area contributed by atoms with Gasteiger partial charge in [0.2, 0.25) is 5.78 Å². The minimum atomic E-state index is -5.03. The Morgan fingerprint density at radius 2 is 1.64 bits per heavy atom. The molecule has 25 heavy (non-hydrogen) atoms. The number of rotatable bonds is 2. The molecule has 0 aliphatic rings. The van der Waals surface area contributed by atoms with E-state index in [-0.39, 0.29) is 0 Å². The molecule has 3 rings (SSSR count). The molecule has 2 aromatic heterocycles. The van der Waals surface area contributed by atoms with Gasteiger partial charge in [0.1, 0.15) is 5.69 Å². The minimum Gasteiger partial charge on any atom is -0.461 e. The fourth-order valence-corrected chi connectivity index (χ4v) is 2.11. The normalized spacial score (nSPS) is 12.6. The summed E-state index contributed by atoms with van der Waals surface area (Å²) in [6, 6.07) is 4.27. The number of aromatic nitrogens is 2. The molecule has 0 saturated heterocycles. The third-order valence-electron chi connectivity index (χ3n) is 3.22. The van der Waals surface area contributed by atoms with Crippen molar-refractivity contribution in [3.63, 3.8) is 0 Å². The van der Waals surface area contributed by atoms with Crippen LogP contribution in [0.5, 0.6) is 0 Å². The number of hydrogen-bond acceptors (Lipinski definition) is 4. The van der Waals surface area contributed by atoms with Gasteiger partial charge in [0.15, 0.2) is 11.5 Å². The van der Waals surface area contributed by atoms with Gasteiger partial charge in [-0.15, -0.1) is 0 Å². The Morgan fingerprint density at radius 3 is 2.20 bits per heavy atom. The van der Waals surface area contributed by atoms with Gasteiger partial charge in [-0.1, -0.05) is 0 Å². The van der Waals surface area contributed by atoms with Crippen molar-refractivity contribution in [3.05, 3.63) is 59.3 Å². The van der Waals surface area contributed by atoms with Gasteiger partial charge in [-0.3, -0.25) is 4.79 Å². The largest absolute Gasteiger partial charge is 0.461 e. The maximum absolute atomic E-state index is 13.2. The molecule has 0 radical (unpaired) electrons. The number of fused-ring (bicyclic) bond motifs is 1. The average Bonchev–Trinajstić information content (AvgIpc) is 3.05. The first kappa shape index (κ1) is 16.9. The Bertz CT molecular complexity index is 945. The van der Waals surface area contributed by atoms with Crippen LogP contribution in [0.2, 0.25) is 0 Å². The SMILES string of the molecule is O=C(c1ccco1)c1nc2cc(C(F)(F)F)ccc2nc1C(F)(F)F. The maximum atomic E-state index is 13.2. The van der Waals surface area contributed by atoms with E-state index in [1.165, 1.54) is 6.07 Å². The lowest BCUT2D eigenvalue weighted by atomic mass is 10.1. The van der Waals surface area contributed by atoms with E-state index >= 15 is 0 Å². The minimum absolute atomic E-state index is 0.420. The predicted molar refractivity (Wildman–Crippen MR) is 71.7 cm³/mol. The van der Waals surface area contributed by atoms with Gasteiger partial charge >= 0.3 is 12.4 Å². The number of alkyl halides is 6. The fourth-order valence-electron chi connectivity index (χ4n) is 2.11. The topological polar surface area (TPSA) is 56.0 Å². The maximum Gasteiger partial charge on any atom is 0.435 e. The molecule has 0 atom stereocenters. The first-order chi connectivity index (χ1) is 11.6. The number of ketones is 1. The number of carbonyl (C=O) groups is 1. The van der Waals surface area contributed by atoms with Gasteiger partial charge in [0.05, 0.1) is 22.9 Å². The van der Waals surface area contributed by atoms with Gasteiger partial charge in [-0.2, -0.15) is 26.3 Å². The van der Waals surface area contributed by atoms with Crippen molar-refractivity contribution >= 4 is 16.8 Å². The van der Waals surface area contributed by atoms with Crippen LogP contribution >= 0.6 is 0 Å². The van der Waals surface area contributed by atoms with E-state index < -0.39 is 51.9 Å². The summed E-state index contributed by atoms with van der Waals surface area (Å²) >= 11 is 0. The molecule has 0 amide bonds. The van der Waals surface area contributed by atoms with E-state index in [0.29, 0.717) is 12.1 Å². The van der Waals surface area contributed by atoms with Crippen LogP contribution in [0.3, 0.4) is 0 Å². The van der Waals surface area contributed by atoms with Crippen LogP contribution in [-0.4, -0.2) is 15.8 Å². The summed E-state index contributed by atoms with van der Waals surface area (Å²) in [5.74, 6) is -1.67. The van der Waals surface area contributed by atoms with Gasteiger partial charge < -0.3 is 4.42 Å². The Balaban J connectivity index is 2.26. The first-order valence-electron chi connectivity index (χ1n) is 6.62. The van der Waals surface area contributed by atoms with E-state index in [4.69, 9.17) is 4.42 Å². The molecule has 3 aromatic rings. The van der Waals surface area contributed by atoms with E-state index in [1.807, 2.05) is 0 Å². The average molecular weight is 360 g/mol. The van der Waals surface area contributed by atoms with E-state index in [0.717, 1.165) is 18.4 Å². The molecule has 0 aliphatic heterocycles. The summed E-state index contributed by atoms with van der Waals surface area (Å²) in [7, 11) is 0. The lowest BCUT2D eigenvalue weighted by Crippen LogP contribution is -2.18. The predicted octanol–water partition coefficient (Wildman–Crippen LogP) is 4.49. The summed E-state index contributed by atoms with van der Waals surface area (Å²) in [6.45, 7) is 0. The second-order valence-corrected chi connectivity index (χ2v) is 4.93. The Kier molecular flexibility index (Phi) is 3.77. The molecule has 0 unspecified atom stereocenters. The lowest BCUT2D eigenvalue weighted by Gasteiger charge is -2.12. The van der Waals surface area contributed by atoms with Gasteiger partial charge in [-0.25, -0.2) is 9.97 Å². The van der Waals surface area contributed by atoms with Gasteiger partial charge in [-0.05, 0) is 30.3 Å². The summed E-state index contributed by atoms with van der Waals surface area (Å²) < 4.78 is 82.6. The van der Waals surface area contributed by atoms with Crippen molar-refractivity contribution in [2.45, 2.75) is 12.4 Å². The number of carbonyl (C=O) groups excluding carboxylic acids is 1. The molecule has 130 valence electrons. The van der Waals surface area contributed by atoms with E-state index in [1.54, 1.807) is 0 Å². The zero-order valence-corrected chi connectivity index (χ0v) is 11.9. The highest BCUT2D eigenvalue weighted by Crippen LogP contribution is 2.34. The number of halogens is 6. The molecule has 4 nitrogen and oxygen atoms in total. The number of furan rings is 1. The van der Waals surface area contributed by atoms with Crippen molar-refractivity contribution in [2.24, 2.45) is 0 Å². The summed E-state index contributed by atoms with van der Waals surface area (Å²) in [5.41, 5.74) is -4.75. The van der Waals surface area contributed by atoms with E-state index in [9.17, 15) is 31.1 Å². The van der Waals surface area contributed by atoms with Crippen LogP contribution in [-0.2, 0) is 12.4 Å². The highest BCUT2D eigenvalue weighted by atomic mass is 19.4. The first-order valence-corrected chi connectivity index (χ1v) is 6.62. The van der Waals surface area contributed by atoms with Crippen molar-refractivity contribution in [1.82, 2.24) is 9.97 Å². The monoisotopic (exact) mass is 360 g/mol. The van der Waals surface area contributed by atoms with Gasteiger partial charge in [0.25, 0.3) is 0 Å². The number of benzene rings is 1. The zero-order chi connectivity index (χ0) is 18.4. The van der Waals surface area contributed by atoms with Crippen molar-refractivity contribution < 1.29 is 35.6 Å². The Morgan fingerprint density at radius 1 is 0.920 bits per heavy atom. The van der Waals surface area contributed by atoms with Crippen LogP contribution in [0.25, 0.3) is 11.0 Å². The Hall–Kier alpha value is -2.91. The van der Waals surface area contributed by atoms with Crippen LogP contribution in [0, 0.1) is 0 Å². The molecule has 0 spiro atoms. The molecule has 0 aliphatic carbocycles. The highest BCUT2D eigenvalue weighted by molar-refractivity contribution is 6.07. The van der Waals surface area contributed by atoms with Gasteiger partial charge in [0, 0.05) is 0 Å². The molecule has 0 saturated carbocycles. The van der Waals surface area contributed by atoms with Crippen LogP contribution < -0.4 is 0 Å². The molecule has 0 N–H and O–H groups in total. The third-order valence-corrected chi connectivity index (χ3v) is 3.22. The molecule has 0 fully saturated rings. The molecular formula is C15H6F6N2O2. The molecular weight excluding hydrogens is 354 g/mol. The second kappa shape index (κ2) is 5.57. The van der Waals surface area contributed by atoms with Crippen molar-refractivity contribution in [3.8, 4) is 0 Å².